The maximum Gasteiger partial charge on any atom is 0.264 e. The summed E-state index contributed by atoms with van der Waals surface area (Å²) in [5, 5.41) is 5.72. The second kappa shape index (κ2) is 9.63. The van der Waals surface area contributed by atoms with Crippen LogP contribution in [0.25, 0.3) is 0 Å². The van der Waals surface area contributed by atoms with Crippen molar-refractivity contribution in [3.05, 3.63) is 83.9 Å². The lowest BCUT2D eigenvalue weighted by molar-refractivity contribution is -0.115. The molecule has 7 nitrogen and oxygen atoms in total. The Morgan fingerprint density at radius 3 is 1.94 bits per heavy atom. The van der Waals surface area contributed by atoms with E-state index in [2.05, 4.69) is 10.6 Å². The summed E-state index contributed by atoms with van der Waals surface area (Å²) in [5.41, 5.74) is 1.41. The molecule has 0 fully saturated rings. The van der Waals surface area contributed by atoms with E-state index in [9.17, 15) is 18.0 Å². The molecule has 3 rings (SSSR count). The second-order valence-electron chi connectivity index (χ2n) is 6.61. The van der Waals surface area contributed by atoms with Gasteiger partial charge in [0.05, 0.1) is 10.6 Å². The van der Waals surface area contributed by atoms with Crippen molar-refractivity contribution in [2.75, 3.05) is 21.5 Å². The van der Waals surface area contributed by atoms with Crippen LogP contribution < -0.4 is 14.9 Å². The molecule has 2 amide bonds. The number of carbonyl (C=O) groups excluding carboxylic acids is 2. The van der Waals surface area contributed by atoms with Gasteiger partial charge in [-0.3, -0.25) is 13.9 Å². The third kappa shape index (κ3) is 5.84. The first-order valence-corrected chi connectivity index (χ1v) is 11.1. The predicted octanol–water partition coefficient (Wildman–Crippen LogP) is 4.13. The molecule has 0 saturated carbocycles. The Kier molecular flexibility index (Phi) is 6.94. The van der Waals surface area contributed by atoms with Gasteiger partial charge in [-0.25, -0.2) is 8.42 Å². The number of sulfonamides is 1. The van der Waals surface area contributed by atoms with Crippen LogP contribution in [0.4, 0.5) is 17.1 Å². The van der Waals surface area contributed by atoms with Crippen LogP contribution >= 0.6 is 11.6 Å². The number of nitrogens with zero attached hydrogens (tertiary/aromatic N) is 1. The zero-order chi connectivity index (χ0) is 22.4. The molecule has 0 bridgehead atoms. The molecule has 0 aliphatic rings. The molecule has 0 unspecified atom stereocenters. The molecule has 0 atom stereocenters. The molecule has 0 heterocycles. The highest BCUT2D eigenvalue weighted by Crippen LogP contribution is 2.24. The molecular formula is C22H20ClN3O4S. The van der Waals surface area contributed by atoms with E-state index in [-0.39, 0.29) is 10.8 Å². The molecule has 3 aromatic rings. The number of amides is 2. The van der Waals surface area contributed by atoms with Crippen LogP contribution in [0.1, 0.15) is 6.92 Å². The van der Waals surface area contributed by atoms with Crippen molar-refractivity contribution in [2.24, 2.45) is 0 Å². The van der Waals surface area contributed by atoms with Gasteiger partial charge < -0.3 is 10.6 Å². The van der Waals surface area contributed by atoms with Gasteiger partial charge in [0.25, 0.3) is 10.0 Å². The Morgan fingerprint density at radius 2 is 1.39 bits per heavy atom. The third-order valence-electron chi connectivity index (χ3n) is 4.22. The number of rotatable bonds is 7. The van der Waals surface area contributed by atoms with Crippen LogP contribution in [0.5, 0.6) is 0 Å². The van der Waals surface area contributed by atoms with Gasteiger partial charge in [-0.05, 0) is 60.7 Å². The van der Waals surface area contributed by atoms with Crippen molar-refractivity contribution in [3.8, 4) is 0 Å². The Bertz CT molecular complexity index is 1170. The number of hydrogen-bond acceptors (Lipinski definition) is 4. The molecular weight excluding hydrogens is 438 g/mol. The lowest BCUT2D eigenvalue weighted by Gasteiger charge is -2.24. The number of halogens is 1. The molecule has 2 N–H and O–H groups in total. The molecule has 160 valence electrons. The van der Waals surface area contributed by atoms with Crippen LogP contribution in [-0.4, -0.2) is 26.8 Å². The van der Waals surface area contributed by atoms with Gasteiger partial charge in [-0.1, -0.05) is 29.8 Å². The summed E-state index contributed by atoms with van der Waals surface area (Å²) in [5.74, 6) is -0.726. The minimum absolute atomic E-state index is 0.0215. The predicted molar refractivity (Wildman–Crippen MR) is 122 cm³/mol. The van der Waals surface area contributed by atoms with Crippen molar-refractivity contribution in [1.29, 1.82) is 0 Å². The third-order valence-corrected chi connectivity index (χ3v) is 6.26. The molecule has 0 radical (unpaired) electrons. The highest BCUT2D eigenvalue weighted by Gasteiger charge is 2.27. The van der Waals surface area contributed by atoms with Crippen molar-refractivity contribution in [2.45, 2.75) is 11.8 Å². The number of anilines is 3. The molecule has 0 spiro atoms. The quantitative estimate of drug-likeness (QED) is 0.557. The van der Waals surface area contributed by atoms with Crippen molar-refractivity contribution < 1.29 is 18.0 Å². The van der Waals surface area contributed by atoms with E-state index < -0.39 is 22.5 Å². The van der Waals surface area contributed by atoms with Crippen LogP contribution in [0, 0.1) is 0 Å². The summed E-state index contributed by atoms with van der Waals surface area (Å²) in [6, 6.07) is 20.6. The van der Waals surface area contributed by atoms with Crippen LogP contribution in [0.15, 0.2) is 83.8 Å². The molecule has 0 aliphatic carbocycles. The number of nitrogens with one attached hydrogen (secondary N) is 2. The fraction of sp³-hybridized carbons (Fsp3) is 0.0909. The standard InChI is InChI=1S/C22H20ClN3O4S/c1-16(27)24-18-9-11-19(12-10-18)25-22(28)15-26(20-5-3-2-4-6-20)31(29,30)21-13-7-17(23)8-14-21/h2-14H,15H2,1H3,(H,24,27)(H,25,28). The number of carbonyl (C=O) groups is 2. The summed E-state index contributed by atoms with van der Waals surface area (Å²) in [6.07, 6.45) is 0. The summed E-state index contributed by atoms with van der Waals surface area (Å²) in [7, 11) is -4.01. The van der Waals surface area contributed by atoms with E-state index in [1.165, 1.54) is 31.2 Å². The smallest absolute Gasteiger partial charge is 0.264 e. The van der Waals surface area contributed by atoms with Gasteiger partial charge >= 0.3 is 0 Å². The minimum Gasteiger partial charge on any atom is -0.326 e. The number of benzene rings is 3. The summed E-state index contributed by atoms with van der Waals surface area (Å²) >= 11 is 5.88. The topological polar surface area (TPSA) is 95.6 Å². The first-order chi connectivity index (χ1) is 14.8. The second-order valence-corrected chi connectivity index (χ2v) is 8.91. The minimum atomic E-state index is -4.01. The monoisotopic (exact) mass is 457 g/mol. The van der Waals surface area contributed by atoms with Gasteiger partial charge in [0.1, 0.15) is 6.54 Å². The van der Waals surface area contributed by atoms with E-state index in [0.29, 0.717) is 22.1 Å². The van der Waals surface area contributed by atoms with Gasteiger partial charge in [0.15, 0.2) is 0 Å². The average molecular weight is 458 g/mol. The highest BCUT2D eigenvalue weighted by molar-refractivity contribution is 7.92. The van der Waals surface area contributed by atoms with Crippen molar-refractivity contribution in [3.63, 3.8) is 0 Å². The van der Waals surface area contributed by atoms with E-state index in [1.54, 1.807) is 54.6 Å². The van der Waals surface area contributed by atoms with Crippen molar-refractivity contribution >= 4 is 50.5 Å². The van der Waals surface area contributed by atoms with Gasteiger partial charge in [0, 0.05) is 23.3 Å². The summed E-state index contributed by atoms with van der Waals surface area (Å²) in [4.78, 5) is 23.8. The molecule has 3 aromatic carbocycles. The van der Waals surface area contributed by atoms with Crippen molar-refractivity contribution in [1.82, 2.24) is 0 Å². The van der Waals surface area contributed by atoms with Gasteiger partial charge in [0.2, 0.25) is 11.8 Å². The molecule has 0 aliphatic heterocycles. The zero-order valence-electron chi connectivity index (χ0n) is 16.6. The maximum absolute atomic E-state index is 13.2. The van der Waals surface area contributed by atoms with Crippen LogP contribution in [-0.2, 0) is 19.6 Å². The van der Waals surface area contributed by atoms with E-state index in [4.69, 9.17) is 11.6 Å². The van der Waals surface area contributed by atoms with E-state index in [0.717, 1.165) is 4.31 Å². The summed E-state index contributed by atoms with van der Waals surface area (Å²) < 4.78 is 27.5. The fourth-order valence-corrected chi connectivity index (χ4v) is 4.36. The Hall–Kier alpha value is -3.36. The maximum atomic E-state index is 13.2. The molecule has 0 aromatic heterocycles. The van der Waals surface area contributed by atoms with E-state index >= 15 is 0 Å². The SMILES string of the molecule is CC(=O)Nc1ccc(NC(=O)CN(c2ccccc2)S(=O)(=O)c2ccc(Cl)cc2)cc1. The molecule has 31 heavy (non-hydrogen) atoms. The first kappa shape index (κ1) is 22.3. The lowest BCUT2D eigenvalue weighted by atomic mass is 10.2. The Labute approximate surface area is 185 Å². The van der Waals surface area contributed by atoms with Gasteiger partial charge in [-0.2, -0.15) is 0 Å². The van der Waals surface area contributed by atoms with E-state index in [1.807, 2.05) is 0 Å². The lowest BCUT2D eigenvalue weighted by Crippen LogP contribution is -2.38. The Morgan fingerprint density at radius 1 is 0.839 bits per heavy atom. The van der Waals surface area contributed by atoms with Crippen LogP contribution in [0.2, 0.25) is 5.02 Å². The first-order valence-electron chi connectivity index (χ1n) is 9.26. The average Bonchev–Trinajstić information content (AvgIpc) is 2.74. The van der Waals surface area contributed by atoms with Gasteiger partial charge in [-0.15, -0.1) is 0 Å². The highest BCUT2D eigenvalue weighted by atomic mass is 35.5. The molecule has 9 heteroatoms. The zero-order valence-corrected chi connectivity index (χ0v) is 18.2. The molecule has 0 saturated heterocycles. The number of para-hydroxylation sites is 1. The number of hydrogen-bond donors (Lipinski definition) is 2. The summed E-state index contributed by atoms with van der Waals surface area (Å²) in [6.45, 7) is 0.970. The van der Waals surface area contributed by atoms with Crippen LogP contribution in [0.3, 0.4) is 0 Å². The largest absolute Gasteiger partial charge is 0.326 e. The Balaban J connectivity index is 1.83. The normalized spacial score (nSPS) is 10.9. The fourth-order valence-electron chi connectivity index (χ4n) is 2.81.